The van der Waals surface area contributed by atoms with Crippen LogP contribution in [0.3, 0.4) is 0 Å². The van der Waals surface area contributed by atoms with Gasteiger partial charge < -0.3 is 9.12 Å². The predicted octanol–water partition coefficient (Wildman–Crippen LogP) is 4.70. The zero-order chi connectivity index (χ0) is 23.7. The summed E-state index contributed by atoms with van der Waals surface area (Å²) in [5.41, 5.74) is 4.27. The third-order valence-corrected chi connectivity index (χ3v) is 6.73. The fourth-order valence-corrected chi connectivity index (χ4v) is 5.09. The van der Waals surface area contributed by atoms with Crippen LogP contribution in [0, 0.1) is 13.8 Å². The van der Waals surface area contributed by atoms with Gasteiger partial charge in [-0.15, -0.1) is 0 Å². The summed E-state index contributed by atoms with van der Waals surface area (Å²) in [5.74, 6) is -0.749. The lowest BCUT2D eigenvalue weighted by Gasteiger charge is -2.12. The molecule has 4 rings (SSSR count). The van der Waals surface area contributed by atoms with E-state index < -0.39 is 23.0 Å². The van der Waals surface area contributed by atoms with Crippen molar-refractivity contribution in [1.82, 2.24) is 14.9 Å². The lowest BCUT2D eigenvalue weighted by Crippen LogP contribution is -2.34. The van der Waals surface area contributed by atoms with Gasteiger partial charge in [0.05, 0.1) is 20.8 Å². The molecular formula is C22H18ClN4O4S2-. The largest absolute Gasteiger partial charge is 0.772 e. The van der Waals surface area contributed by atoms with Gasteiger partial charge in [0.1, 0.15) is 0 Å². The van der Waals surface area contributed by atoms with Gasteiger partial charge in [0.2, 0.25) is 0 Å². The van der Waals surface area contributed by atoms with Crippen LogP contribution < -0.4 is 10.6 Å². The van der Waals surface area contributed by atoms with E-state index in [9.17, 15) is 18.4 Å². The first-order valence-corrected chi connectivity index (χ1v) is 12.2. The van der Waals surface area contributed by atoms with Crippen LogP contribution in [-0.2, 0) is 16.8 Å². The minimum Gasteiger partial charge on any atom is -0.772 e. The predicted molar refractivity (Wildman–Crippen MR) is 129 cm³/mol. The summed E-state index contributed by atoms with van der Waals surface area (Å²) in [6.07, 6.45) is 0. The van der Waals surface area contributed by atoms with Crippen LogP contribution in [0.15, 0.2) is 48.5 Å². The summed E-state index contributed by atoms with van der Waals surface area (Å²) in [6, 6.07) is 13.3. The molecule has 0 aliphatic carbocycles. The average Bonchev–Trinajstić information content (AvgIpc) is 3.28. The normalized spacial score (nSPS) is 12.0. The molecule has 0 saturated heterocycles. The maximum Gasteiger partial charge on any atom is 0.327 e. The monoisotopic (exact) mass is 501 g/mol. The highest BCUT2D eigenvalue weighted by molar-refractivity contribution is 7.78. The molecule has 0 aliphatic rings. The van der Waals surface area contributed by atoms with E-state index in [1.54, 1.807) is 36.4 Å². The molecule has 11 heteroatoms. The molecule has 8 nitrogen and oxygen atoms in total. The van der Waals surface area contributed by atoms with Crippen molar-refractivity contribution in [1.29, 1.82) is 0 Å². The maximum atomic E-state index is 12.6. The van der Waals surface area contributed by atoms with E-state index >= 15 is 0 Å². The molecule has 0 fully saturated rings. The minimum absolute atomic E-state index is 0.103. The van der Waals surface area contributed by atoms with Crippen molar-refractivity contribution < 1.29 is 18.4 Å². The number of benzene rings is 2. The number of anilines is 1. The molecule has 1 atom stereocenters. The molecule has 2 heterocycles. The van der Waals surface area contributed by atoms with E-state index in [1.165, 1.54) is 11.3 Å². The second-order valence-corrected chi connectivity index (χ2v) is 9.63. The van der Waals surface area contributed by atoms with Gasteiger partial charge in [0, 0.05) is 22.8 Å². The third-order valence-electron chi connectivity index (χ3n) is 4.91. The maximum absolute atomic E-state index is 12.6. The van der Waals surface area contributed by atoms with Gasteiger partial charge in [-0.3, -0.25) is 19.6 Å². The summed E-state index contributed by atoms with van der Waals surface area (Å²) in [6.45, 7) is 3.94. The number of rotatable bonds is 5. The van der Waals surface area contributed by atoms with E-state index in [-0.39, 0.29) is 21.5 Å². The number of aryl methyl sites for hydroxylation is 2. The Labute approximate surface area is 200 Å². The van der Waals surface area contributed by atoms with E-state index in [0.717, 1.165) is 17.1 Å². The zero-order valence-electron chi connectivity index (χ0n) is 17.5. The first-order valence-electron chi connectivity index (χ1n) is 9.74. The minimum atomic E-state index is -2.20. The molecule has 3 amide bonds. The SMILES string of the molecule is Cc1ccc(C)n1-c1ccc(C(=O)NC(=O)Nc2nc3ccc(CS(=O)[O-])cc3s2)c(Cl)c1. The number of thiazole rings is 1. The Bertz CT molecular complexity index is 1390. The molecular weight excluding hydrogens is 484 g/mol. The van der Waals surface area contributed by atoms with E-state index in [4.69, 9.17) is 11.6 Å². The molecule has 2 aromatic carbocycles. The molecule has 0 bridgehead atoms. The quantitative estimate of drug-likeness (QED) is 0.384. The van der Waals surface area contributed by atoms with Crippen molar-refractivity contribution in [2.75, 3.05) is 5.32 Å². The molecule has 0 aliphatic heterocycles. The number of amides is 3. The number of carbonyl (C=O) groups is 2. The van der Waals surface area contributed by atoms with Crippen molar-refractivity contribution in [3.05, 3.63) is 76.1 Å². The van der Waals surface area contributed by atoms with Crippen LogP contribution in [0.1, 0.15) is 27.3 Å². The number of nitrogens with zero attached hydrogens (tertiary/aromatic N) is 2. The Morgan fingerprint density at radius 1 is 1.12 bits per heavy atom. The summed E-state index contributed by atoms with van der Waals surface area (Å²) in [4.78, 5) is 29.2. The van der Waals surface area contributed by atoms with Crippen LogP contribution >= 0.6 is 22.9 Å². The fourth-order valence-electron chi connectivity index (χ4n) is 3.45. The lowest BCUT2D eigenvalue weighted by molar-refractivity contribution is 0.0967. The second-order valence-electron chi connectivity index (χ2n) is 7.29. The number of nitrogens with one attached hydrogen (secondary N) is 2. The smallest absolute Gasteiger partial charge is 0.327 e. The van der Waals surface area contributed by atoms with Crippen molar-refractivity contribution in [2.45, 2.75) is 19.6 Å². The molecule has 4 aromatic rings. The van der Waals surface area contributed by atoms with Crippen LogP contribution in [0.4, 0.5) is 9.93 Å². The standard InChI is InChI=1S/C22H19ClN4O4S2/c1-12-3-4-13(2)27(12)15-6-7-16(17(23)10-15)20(28)25-21(29)26-22-24-18-8-5-14(11-33(30)31)9-19(18)32-22/h3-10H,11H2,1-2H3,(H,30,31)(H2,24,25,26,28,29)/p-1. The van der Waals surface area contributed by atoms with Crippen molar-refractivity contribution in [2.24, 2.45) is 0 Å². The Balaban J connectivity index is 1.45. The second kappa shape index (κ2) is 9.44. The number of imide groups is 1. The molecule has 2 aromatic heterocycles. The number of hydrogen-bond donors (Lipinski definition) is 2. The lowest BCUT2D eigenvalue weighted by atomic mass is 10.2. The fraction of sp³-hybridized carbons (Fsp3) is 0.136. The van der Waals surface area contributed by atoms with Gasteiger partial charge >= 0.3 is 6.03 Å². The Morgan fingerprint density at radius 3 is 2.52 bits per heavy atom. The molecule has 33 heavy (non-hydrogen) atoms. The van der Waals surface area contributed by atoms with Crippen molar-refractivity contribution in [3.63, 3.8) is 0 Å². The van der Waals surface area contributed by atoms with Gasteiger partial charge in [0.25, 0.3) is 5.91 Å². The van der Waals surface area contributed by atoms with Crippen molar-refractivity contribution in [3.8, 4) is 5.69 Å². The van der Waals surface area contributed by atoms with Gasteiger partial charge in [-0.1, -0.05) is 40.1 Å². The van der Waals surface area contributed by atoms with Crippen LogP contribution in [0.2, 0.25) is 5.02 Å². The molecule has 0 spiro atoms. The Kier molecular flexibility index (Phi) is 6.61. The van der Waals surface area contributed by atoms with Gasteiger partial charge in [-0.25, -0.2) is 9.78 Å². The Hall–Kier alpha value is -3.05. The molecule has 0 saturated carbocycles. The van der Waals surface area contributed by atoms with Gasteiger partial charge in [-0.2, -0.15) is 0 Å². The first kappa shape index (κ1) is 23.1. The average molecular weight is 502 g/mol. The Morgan fingerprint density at radius 2 is 1.85 bits per heavy atom. The third kappa shape index (κ3) is 5.14. The topological polar surface area (TPSA) is 116 Å². The molecule has 170 valence electrons. The molecule has 1 unspecified atom stereocenters. The highest BCUT2D eigenvalue weighted by Gasteiger charge is 2.16. The number of fused-ring (bicyclic) bond motifs is 1. The highest BCUT2D eigenvalue weighted by Crippen LogP contribution is 2.27. The number of halogens is 1. The van der Waals surface area contributed by atoms with Crippen LogP contribution in [0.25, 0.3) is 15.9 Å². The van der Waals surface area contributed by atoms with E-state index in [1.807, 2.05) is 30.5 Å². The van der Waals surface area contributed by atoms with Crippen LogP contribution in [-0.4, -0.2) is 30.3 Å². The first-order chi connectivity index (χ1) is 15.7. The molecule has 0 radical (unpaired) electrons. The number of carbonyl (C=O) groups excluding carboxylic acids is 2. The zero-order valence-corrected chi connectivity index (χ0v) is 19.9. The summed E-state index contributed by atoms with van der Waals surface area (Å²) in [5, 5.41) is 5.27. The summed E-state index contributed by atoms with van der Waals surface area (Å²) >= 11 is 5.31. The van der Waals surface area contributed by atoms with Gasteiger partial charge in [0.15, 0.2) is 5.13 Å². The number of hydrogen-bond acceptors (Lipinski definition) is 6. The number of aromatic nitrogens is 2. The summed E-state index contributed by atoms with van der Waals surface area (Å²) in [7, 11) is 0. The molecule has 2 N–H and O–H groups in total. The number of urea groups is 1. The van der Waals surface area contributed by atoms with Gasteiger partial charge in [-0.05, 0) is 61.9 Å². The van der Waals surface area contributed by atoms with Crippen molar-refractivity contribution >= 4 is 61.3 Å². The van der Waals surface area contributed by atoms with E-state index in [2.05, 4.69) is 15.6 Å². The van der Waals surface area contributed by atoms with E-state index in [0.29, 0.717) is 15.8 Å². The highest BCUT2D eigenvalue weighted by atomic mass is 35.5. The van der Waals surface area contributed by atoms with Crippen LogP contribution in [0.5, 0.6) is 0 Å². The summed E-state index contributed by atoms with van der Waals surface area (Å²) < 4.78 is 24.5.